The highest BCUT2D eigenvalue weighted by Gasteiger charge is 2.33. The number of nitrogens with one attached hydrogen (secondary N) is 2. The Balaban J connectivity index is 0.000000168. The van der Waals surface area contributed by atoms with E-state index in [4.69, 9.17) is 0 Å². The molecule has 19 nitrogen and oxygen atoms in total. The number of fused-ring (bicyclic) bond motifs is 3. The lowest BCUT2D eigenvalue weighted by Gasteiger charge is -2.36. The summed E-state index contributed by atoms with van der Waals surface area (Å²) in [4.78, 5) is 89.2. The van der Waals surface area contributed by atoms with E-state index >= 15 is 0 Å². The van der Waals surface area contributed by atoms with E-state index in [-0.39, 0.29) is 23.5 Å². The number of hydrogen-bond acceptors (Lipinski definition) is 14. The van der Waals surface area contributed by atoms with Gasteiger partial charge in [0.2, 0.25) is 23.5 Å². The largest absolute Gasteiger partial charge is 0.369 e. The van der Waals surface area contributed by atoms with Gasteiger partial charge in [0.25, 0.3) is 11.8 Å². The van der Waals surface area contributed by atoms with Crippen molar-refractivity contribution in [2.24, 2.45) is 0 Å². The van der Waals surface area contributed by atoms with E-state index in [0.29, 0.717) is 37.1 Å². The minimum atomic E-state index is -0.666. The number of aromatic nitrogens is 8. The second kappa shape index (κ2) is 23.7. The molecule has 0 saturated carbocycles. The number of carbonyl (C=O) groups excluding carboxylic acids is 4. The molecule has 79 heavy (non-hydrogen) atoms. The van der Waals surface area contributed by atoms with E-state index in [1.54, 1.807) is 54.7 Å². The number of anilines is 3. The number of rotatable bonds is 11. The third-order valence-corrected chi connectivity index (χ3v) is 15.1. The van der Waals surface area contributed by atoms with Gasteiger partial charge in [0, 0.05) is 113 Å². The van der Waals surface area contributed by atoms with Crippen molar-refractivity contribution < 1.29 is 19.2 Å². The zero-order valence-electron chi connectivity index (χ0n) is 44.2. The van der Waals surface area contributed by atoms with Gasteiger partial charge in [0.05, 0.1) is 24.5 Å². The summed E-state index contributed by atoms with van der Waals surface area (Å²) < 4.78 is 1.94. The molecular weight excluding hydrogens is 995 g/mol. The smallest absolute Gasteiger partial charge is 0.289 e. The Hall–Kier alpha value is -9.07. The Morgan fingerprint density at radius 2 is 1.06 bits per heavy atom. The van der Waals surface area contributed by atoms with E-state index in [2.05, 4.69) is 109 Å². The van der Waals surface area contributed by atoms with Crippen LogP contribution in [0.25, 0.3) is 22.5 Å². The first kappa shape index (κ1) is 52.0. The number of likely N-dealkylation sites (N-methyl/N-ethyl adjacent to an activating group) is 2. The van der Waals surface area contributed by atoms with E-state index in [9.17, 15) is 19.2 Å². The normalized spacial score (nSPS) is 17.5. The molecule has 1 saturated heterocycles. The van der Waals surface area contributed by atoms with Gasteiger partial charge in [-0.2, -0.15) is 5.10 Å². The van der Waals surface area contributed by atoms with Crippen LogP contribution in [0.4, 0.5) is 17.1 Å². The van der Waals surface area contributed by atoms with Crippen molar-refractivity contribution in [1.29, 1.82) is 0 Å². The molecule has 19 heteroatoms. The predicted molar refractivity (Wildman–Crippen MR) is 300 cm³/mol. The quantitative estimate of drug-likeness (QED) is 0.152. The van der Waals surface area contributed by atoms with E-state index in [1.165, 1.54) is 11.3 Å². The average Bonchev–Trinajstić information content (AvgIpc) is 3.95. The minimum absolute atomic E-state index is 0.0446. The molecule has 2 unspecified atom stereocenters. The van der Waals surface area contributed by atoms with Crippen LogP contribution >= 0.6 is 0 Å². The molecule has 400 valence electrons. The third-order valence-electron chi connectivity index (χ3n) is 15.1. The van der Waals surface area contributed by atoms with Crippen molar-refractivity contribution >= 4 is 40.7 Å². The second-order valence-electron chi connectivity index (χ2n) is 20.2. The maximum Gasteiger partial charge on any atom is 0.289 e. The molecule has 4 aliphatic rings. The first-order chi connectivity index (χ1) is 38.6. The van der Waals surface area contributed by atoms with Gasteiger partial charge in [-0.1, -0.05) is 84.9 Å². The molecule has 2 N–H and O–H groups in total. The van der Waals surface area contributed by atoms with Gasteiger partial charge < -0.3 is 25.3 Å². The van der Waals surface area contributed by atoms with E-state index < -0.39 is 23.9 Å². The Kier molecular flexibility index (Phi) is 15.6. The molecule has 4 aromatic heterocycles. The maximum atomic E-state index is 13.5. The summed E-state index contributed by atoms with van der Waals surface area (Å²) in [6.45, 7) is 7.91. The van der Waals surface area contributed by atoms with Crippen LogP contribution in [-0.2, 0) is 48.6 Å². The fourth-order valence-electron chi connectivity index (χ4n) is 10.7. The monoisotopic (exact) mass is 1060 g/mol. The Bertz CT molecular complexity index is 3460. The molecule has 8 aromatic rings. The van der Waals surface area contributed by atoms with Crippen LogP contribution in [-0.4, -0.2) is 132 Å². The molecule has 12 rings (SSSR count). The lowest BCUT2D eigenvalue weighted by molar-refractivity contribution is -0.120. The minimum Gasteiger partial charge on any atom is -0.369 e. The van der Waals surface area contributed by atoms with Gasteiger partial charge in [0.15, 0.2) is 0 Å². The van der Waals surface area contributed by atoms with Crippen LogP contribution in [0.5, 0.6) is 0 Å². The van der Waals surface area contributed by atoms with Gasteiger partial charge in [-0.25, -0.2) is 29.6 Å². The molecule has 0 spiro atoms. The number of carbonyl (C=O) groups is 4. The molecule has 0 aliphatic carbocycles. The molecule has 4 aliphatic heterocycles. The summed E-state index contributed by atoms with van der Waals surface area (Å²) in [5, 5.41) is 10.0. The zero-order chi connectivity index (χ0) is 54.2. The summed E-state index contributed by atoms with van der Waals surface area (Å²) in [6.07, 6.45) is 10.8. The van der Waals surface area contributed by atoms with Crippen LogP contribution in [0, 0.1) is 0 Å². The number of hydrogen-bond donors (Lipinski definition) is 2. The number of aryl methyl sites for hydroxylation is 2. The van der Waals surface area contributed by atoms with Crippen LogP contribution in [0.1, 0.15) is 62.2 Å². The van der Waals surface area contributed by atoms with Crippen molar-refractivity contribution in [1.82, 2.24) is 60.1 Å². The van der Waals surface area contributed by atoms with E-state index in [1.807, 2.05) is 77.7 Å². The lowest BCUT2D eigenvalue weighted by Crippen LogP contribution is -2.47. The fourth-order valence-corrected chi connectivity index (χ4v) is 10.7. The lowest BCUT2D eigenvalue weighted by atomic mass is 10.0. The summed E-state index contributed by atoms with van der Waals surface area (Å²) in [7, 11) is 3.56. The summed E-state index contributed by atoms with van der Waals surface area (Å²) in [5.41, 5.74) is 10.6. The molecule has 4 aromatic carbocycles. The Morgan fingerprint density at radius 3 is 1.59 bits per heavy atom. The SMILES string of the molecule is CN1C(=O)C(NC(=O)c2nccc(-c3ccccc3)n2)CCc2ccc(CN3CCN(c4ccncc4)CC3)cc21.CN1C(=O)C(NC(=O)c2nccc(-c3ccccc3)n2)CCc2ccc(CN3CCn4ncnc4C3)cc21. The summed E-state index contributed by atoms with van der Waals surface area (Å²) >= 11 is 0. The number of nitrogens with zero attached hydrogens (tertiary/aromatic N) is 13. The topological polar surface area (TPSA) is 204 Å². The molecular formula is C60H61N15O4. The van der Waals surface area contributed by atoms with Gasteiger partial charge >= 0.3 is 0 Å². The molecule has 4 amide bonds. The van der Waals surface area contributed by atoms with Gasteiger partial charge in [-0.3, -0.25) is 34.0 Å². The highest BCUT2D eigenvalue weighted by molar-refractivity contribution is 6.03. The second-order valence-corrected chi connectivity index (χ2v) is 20.2. The molecule has 1 fully saturated rings. The summed E-state index contributed by atoms with van der Waals surface area (Å²) in [6, 6.07) is 38.3. The fraction of sp³-hybridized carbons (Fsp3) is 0.283. The zero-order valence-corrected chi connectivity index (χ0v) is 44.2. The highest BCUT2D eigenvalue weighted by Crippen LogP contribution is 2.31. The van der Waals surface area contributed by atoms with Gasteiger partial charge in [-0.05, 0) is 84.3 Å². The van der Waals surface area contributed by atoms with Crippen LogP contribution in [0.15, 0.2) is 152 Å². The average molecular weight is 1060 g/mol. The molecule has 0 bridgehead atoms. The van der Waals surface area contributed by atoms with Gasteiger partial charge in [-0.15, -0.1) is 0 Å². The van der Waals surface area contributed by atoms with Crippen molar-refractivity contribution in [2.45, 2.75) is 63.9 Å². The Morgan fingerprint density at radius 1 is 0.557 bits per heavy atom. The third kappa shape index (κ3) is 12.1. The first-order valence-corrected chi connectivity index (χ1v) is 26.7. The van der Waals surface area contributed by atoms with Crippen molar-refractivity contribution in [2.75, 3.05) is 61.5 Å². The number of amides is 4. The molecule has 0 radical (unpaired) electrons. The standard InChI is InChI=1S/C32H33N7O2.C28H28N8O2/c1-37-29-21-23(22-38-17-19-39(20-18-38)26-11-14-33-15-12-26)7-8-25(29)9-10-28(32(37)41)36-31(40)30-34-16-13-27(35-30)24-5-3-2-4-6-24;1-34-24-15-19(16-35-13-14-36-25(17-35)30-18-31-36)7-8-21(24)9-10-23(28(34)38)33-27(37)26-29-12-11-22(32-26)20-5-3-2-4-6-20/h2-8,11-16,21,28H,9-10,17-20,22H2,1H3,(H,36,40);2-8,11-12,15,18,23H,9-10,13-14,16-17H2,1H3,(H,33,37). The molecule has 8 heterocycles. The van der Waals surface area contributed by atoms with Crippen LogP contribution in [0.3, 0.4) is 0 Å². The highest BCUT2D eigenvalue weighted by atomic mass is 16.2. The summed E-state index contributed by atoms with van der Waals surface area (Å²) in [5.74, 6) is -0.140. The maximum absolute atomic E-state index is 13.5. The van der Waals surface area contributed by atoms with E-state index in [0.717, 1.165) is 104 Å². The number of benzene rings is 4. The van der Waals surface area contributed by atoms with Crippen molar-refractivity contribution in [3.63, 3.8) is 0 Å². The number of piperazine rings is 1. The van der Waals surface area contributed by atoms with Crippen molar-refractivity contribution in [3.05, 3.63) is 192 Å². The first-order valence-electron chi connectivity index (χ1n) is 26.7. The van der Waals surface area contributed by atoms with Crippen LogP contribution in [0.2, 0.25) is 0 Å². The molecule has 2 atom stereocenters. The van der Waals surface area contributed by atoms with Gasteiger partial charge in [0.1, 0.15) is 24.2 Å². The van der Waals surface area contributed by atoms with Crippen molar-refractivity contribution in [3.8, 4) is 22.5 Å². The van der Waals surface area contributed by atoms with Crippen LogP contribution < -0.4 is 25.3 Å². The predicted octanol–water partition coefficient (Wildman–Crippen LogP) is 6.03. The Labute approximate surface area is 458 Å². The number of pyridine rings is 1.